The van der Waals surface area contributed by atoms with Gasteiger partial charge >= 0.3 is 0 Å². The highest BCUT2D eigenvalue weighted by atomic mass is 32.2. The van der Waals surface area contributed by atoms with Crippen LogP contribution in [-0.2, 0) is 10.0 Å². The number of hydrogen-bond donors (Lipinski definition) is 1. The molecule has 0 aliphatic rings. The van der Waals surface area contributed by atoms with E-state index in [1.54, 1.807) is 25.1 Å². The SMILES string of the molecule is Cc1ccc(NC(=O)c2cccc3ccccc23)cc1S(=O)(=O)N(C)C. The number of nitrogens with one attached hydrogen (secondary N) is 1. The Morgan fingerprint density at radius 2 is 1.65 bits per heavy atom. The fraction of sp³-hybridized carbons (Fsp3) is 0.150. The molecule has 1 amide bonds. The second kappa shape index (κ2) is 6.90. The van der Waals surface area contributed by atoms with E-state index in [2.05, 4.69) is 5.32 Å². The third-order valence-corrected chi connectivity index (χ3v) is 6.20. The zero-order chi connectivity index (χ0) is 18.9. The van der Waals surface area contributed by atoms with Crippen molar-refractivity contribution in [1.82, 2.24) is 4.31 Å². The largest absolute Gasteiger partial charge is 0.322 e. The van der Waals surface area contributed by atoms with Crippen molar-refractivity contribution in [2.45, 2.75) is 11.8 Å². The van der Waals surface area contributed by atoms with Gasteiger partial charge < -0.3 is 5.32 Å². The molecule has 0 saturated carbocycles. The Morgan fingerprint density at radius 3 is 2.38 bits per heavy atom. The molecule has 0 radical (unpaired) electrons. The summed E-state index contributed by atoms with van der Waals surface area (Å²) in [5.41, 5.74) is 1.61. The second-order valence-corrected chi connectivity index (χ2v) is 8.37. The van der Waals surface area contributed by atoms with Crippen molar-refractivity contribution in [3.63, 3.8) is 0 Å². The van der Waals surface area contributed by atoms with Crippen LogP contribution in [0.1, 0.15) is 15.9 Å². The minimum absolute atomic E-state index is 0.179. The summed E-state index contributed by atoms with van der Waals surface area (Å²) >= 11 is 0. The number of sulfonamides is 1. The van der Waals surface area contributed by atoms with Crippen molar-refractivity contribution in [3.8, 4) is 0 Å². The average molecular weight is 368 g/mol. The van der Waals surface area contributed by atoms with Gasteiger partial charge in [-0.25, -0.2) is 12.7 Å². The molecule has 0 aliphatic carbocycles. The molecule has 3 aromatic rings. The topological polar surface area (TPSA) is 66.5 Å². The summed E-state index contributed by atoms with van der Waals surface area (Å²) in [5, 5.41) is 4.63. The number of fused-ring (bicyclic) bond motifs is 1. The molecule has 0 heterocycles. The molecule has 0 spiro atoms. The van der Waals surface area contributed by atoms with Gasteiger partial charge in [0.25, 0.3) is 5.91 Å². The predicted molar refractivity (Wildman–Crippen MR) is 104 cm³/mol. The van der Waals surface area contributed by atoms with Gasteiger partial charge in [0.15, 0.2) is 0 Å². The monoisotopic (exact) mass is 368 g/mol. The number of aryl methyl sites for hydroxylation is 1. The first-order valence-electron chi connectivity index (χ1n) is 8.13. The molecular formula is C20H20N2O3S. The summed E-state index contributed by atoms with van der Waals surface area (Å²) in [5.74, 6) is -0.279. The molecule has 0 aliphatic heterocycles. The van der Waals surface area contributed by atoms with Gasteiger partial charge in [-0.1, -0.05) is 42.5 Å². The summed E-state index contributed by atoms with van der Waals surface area (Å²) in [4.78, 5) is 12.9. The van der Waals surface area contributed by atoms with Crippen LogP contribution in [0.5, 0.6) is 0 Å². The Bertz CT molecular complexity index is 1080. The highest BCUT2D eigenvalue weighted by Gasteiger charge is 2.20. The number of hydrogen-bond acceptors (Lipinski definition) is 3. The van der Waals surface area contributed by atoms with Crippen molar-refractivity contribution in [2.75, 3.05) is 19.4 Å². The number of carbonyl (C=O) groups excluding carboxylic acids is 1. The third-order valence-electron chi connectivity index (χ3n) is 4.24. The summed E-state index contributed by atoms with van der Waals surface area (Å²) in [6.07, 6.45) is 0. The van der Waals surface area contributed by atoms with Crippen LogP contribution in [0.15, 0.2) is 65.6 Å². The molecule has 5 nitrogen and oxygen atoms in total. The molecule has 3 rings (SSSR count). The molecule has 1 N–H and O–H groups in total. The highest BCUT2D eigenvalue weighted by molar-refractivity contribution is 7.89. The van der Waals surface area contributed by atoms with Crippen LogP contribution in [0.2, 0.25) is 0 Å². The van der Waals surface area contributed by atoms with Crippen LogP contribution < -0.4 is 5.32 Å². The summed E-state index contributed by atoms with van der Waals surface area (Å²) in [6, 6.07) is 18.0. The van der Waals surface area contributed by atoms with E-state index < -0.39 is 10.0 Å². The van der Waals surface area contributed by atoms with Gasteiger partial charge in [-0.15, -0.1) is 0 Å². The quantitative estimate of drug-likeness (QED) is 0.764. The van der Waals surface area contributed by atoms with Crippen molar-refractivity contribution >= 4 is 32.4 Å². The fourth-order valence-corrected chi connectivity index (χ4v) is 3.92. The maximum Gasteiger partial charge on any atom is 0.256 e. The molecule has 0 aromatic heterocycles. The van der Waals surface area contributed by atoms with E-state index in [4.69, 9.17) is 0 Å². The molecule has 26 heavy (non-hydrogen) atoms. The predicted octanol–water partition coefficient (Wildman–Crippen LogP) is 3.65. The average Bonchev–Trinajstić information content (AvgIpc) is 2.62. The molecule has 3 aromatic carbocycles. The van der Waals surface area contributed by atoms with Crippen LogP contribution in [0.25, 0.3) is 10.8 Å². The fourth-order valence-electron chi connectivity index (χ4n) is 2.77. The molecule has 0 unspecified atom stereocenters. The first-order valence-corrected chi connectivity index (χ1v) is 9.57. The Labute approximate surface area is 153 Å². The van der Waals surface area contributed by atoms with Crippen LogP contribution in [0.4, 0.5) is 5.69 Å². The van der Waals surface area contributed by atoms with Gasteiger partial charge in [0.1, 0.15) is 0 Å². The zero-order valence-corrected chi connectivity index (χ0v) is 15.7. The van der Waals surface area contributed by atoms with Crippen molar-refractivity contribution in [1.29, 1.82) is 0 Å². The van der Waals surface area contributed by atoms with Crippen molar-refractivity contribution in [3.05, 3.63) is 71.8 Å². The lowest BCUT2D eigenvalue weighted by atomic mass is 10.0. The van der Waals surface area contributed by atoms with Gasteiger partial charge in [0.05, 0.1) is 4.90 Å². The Kier molecular flexibility index (Phi) is 4.80. The standard InChI is InChI=1S/C20H20N2O3S/c1-14-11-12-16(13-19(14)26(24,25)22(2)3)21-20(23)18-10-6-8-15-7-4-5-9-17(15)18/h4-13H,1-3H3,(H,21,23). The highest BCUT2D eigenvalue weighted by Crippen LogP contribution is 2.24. The number of rotatable bonds is 4. The van der Waals surface area contributed by atoms with E-state index in [9.17, 15) is 13.2 Å². The van der Waals surface area contributed by atoms with E-state index >= 15 is 0 Å². The van der Waals surface area contributed by atoms with E-state index in [0.29, 0.717) is 16.8 Å². The van der Waals surface area contributed by atoms with Gasteiger partial charge in [0, 0.05) is 25.3 Å². The van der Waals surface area contributed by atoms with E-state index in [0.717, 1.165) is 15.1 Å². The number of carbonyl (C=O) groups is 1. The molecule has 0 bridgehead atoms. The van der Waals surface area contributed by atoms with Crippen LogP contribution in [-0.4, -0.2) is 32.7 Å². The number of amides is 1. The summed E-state index contributed by atoms with van der Waals surface area (Å²) in [7, 11) is -0.619. The molecule has 0 fully saturated rings. The van der Waals surface area contributed by atoms with E-state index in [-0.39, 0.29) is 10.8 Å². The van der Waals surface area contributed by atoms with Crippen LogP contribution in [0.3, 0.4) is 0 Å². The minimum atomic E-state index is -3.58. The van der Waals surface area contributed by atoms with Crippen molar-refractivity contribution in [2.24, 2.45) is 0 Å². The molecule has 0 saturated heterocycles. The van der Waals surface area contributed by atoms with Gasteiger partial charge in [-0.2, -0.15) is 0 Å². The lowest BCUT2D eigenvalue weighted by molar-refractivity contribution is 0.102. The third kappa shape index (κ3) is 3.34. The zero-order valence-electron chi connectivity index (χ0n) is 14.9. The smallest absolute Gasteiger partial charge is 0.256 e. The minimum Gasteiger partial charge on any atom is -0.322 e. The maximum atomic E-state index is 12.7. The summed E-state index contributed by atoms with van der Waals surface area (Å²) in [6.45, 7) is 1.73. The van der Waals surface area contributed by atoms with E-state index in [1.165, 1.54) is 20.2 Å². The second-order valence-electron chi connectivity index (χ2n) is 6.25. The lowest BCUT2D eigenvalue weighted by Gasteiger charge is -2.15. The number of nitrogens with zero attached hydrogens (tertiary/aromatic N) is 1. The number of anilines is 1. The van der Waals surface area contributed by atoms with Crippen LogP contribution >= 0.6 is 0 Å². The first-order chi connectivity index (χ1) is 12.3. The van der Waals surface area contributed by atoms with Gasteiger partial charge in [-0.05, 0) is 41.5 Å². The molecule has 0 atom stereocenters. The lowest BCUT2D eigenvalue weighted by Crippen LogP contribution is -2.23. The van der Waals surface area contributed by atoms with Crippen molar-refractivity contribution < 1.29 is 13.2 Å². The first kappa shape index (κ1) is 18.1. The Hall–Kier alpha value is -2.70. The maximum absolute atomic E-state index is 12.7. The Morgan fingerprint density at radius 1 is 0.962 bits per heavy atom. The molecule has 134 valence electrons. The van der Waals surface area contributed by atoms with Crippen LogP contribution in [0, 0.1) is 6.92 Å². The van der Waals surface area contributed by atoms with Gasteiger partial charge in [0.2, 0.25) is 10.0 Å². The normalized spacial score (nSPS) is 11.7. The molecule has 6 heteroatoms. The summed E-state index contributed by atoms with van der Waals surface area (Å²) < 4.78 is 26.1. The Balaban J connectivity index is 1.98. The van der Waals surface area contributed by atoms with E-state index in [1.807, 2.05) is 36.4 Å². The van der Waals surface area contributed by atoms with Gasteiger partial charge in [-0.3, -0.25) is 4.79 Å². The molecular weight excluding hydrogens is 348 g/mol. The number of benzene rings is 3.